The zero-order chi connectivity index (χ0) is 11.7. The average Bonchev–Trinajstić information content (AvgIpc) is 2.46. The third kappa shape index (κ3) is 2.95. The monoisotopic (exact) mass is 231 g/mol. The Morgan fingerprint density at radius 1 is 1.53 bits per heavy atom. The number of aryl methyl sites for hydroxylation is 1. The second-order valence-corrected chi connectivity index (χ2v) is 6.94. The number of hydrogen-bond acceptors (Lipinski definition) is 4. The van der Waals surface area contributed by atoms with E-state index in [9.17, 15) is 8.42 Å². The number of hydrogen-bond donors (Lipinski definition) is 1. The number of nitrogens with zero attached hydrogens (tertiary/aromatic N) is 2. The lowest BCUT2D eigenvalue weighted by molar-refractivity contribution is 0.560. The standard InChI is InChI=1S/C9H17N3O2S/c1-9(2,15(4,13)14)7-10-8-5-11-12(3)6-8/h5-6,10H,7H2,1-4H3. The summed E-state index contributed by atoms with van der Waals surface area (Å²) in [6.45, 7) is 3.77. The fourth-order valence-electron chi connectivity index (χ4n) is 0.959. The van der Waals surface area contributed by atoms with Crippen LogP contribution in [-0.2, 0) is 16.9 Å². The van der Waals surface area contributed by atoms with E-state index < -0.39 is 14.6 Å². The summed E-state index contributed by atoms with van der Waals surface area (Å²) < 4.78 is 23.7. The van der Waals surface area contributed by atoms with Gasteiger partial charge in [-0.15, -0.1) is 0 Å². The largest absolute Gasteiger partial charge is 0.381 e. The summed E-state index contributed by atoms with van der Waals surface area (Å²) in [4.78, 5) is 0. The van der Waals surface area contributed by atoms with Crippen LogP contribution in [0.15, 0.2) is 12.4 Å². The third-order valence-corrected chi connectivity index (χ3v) is 4.58. The van der Waals surface area contributed by atoms with Gasteiger partial charge in [0.05, 0.1) is 16.6 Å². The first-order valence-electron chi connectivity index (χ1n) is 4.64. The molecule has 0 saturated carbocycles. The Kier molecular flexibility index (Phi) is 3.08. The fourth-order valence-corrected chi connectivity index (χ4v) is 1.29. The van der Waals surface area contributed by atoms with Gasteiger partial charge in [0.25, 0.3) is 0 Å². The van der Waals surface area contributed by atoms with Crippen molar-refractivity contribution in [3.63, 3.8) is 0 Å². The molecule has 0 bridgehead atoms. The molecular weight excluding hydrogens is 214 g/mol. The number of anilines is 1. The van der Waals surface area contributed by atoms with E-state index in [1.807, 2.05) is 7.05 Å². The van der Waals surface area contributed by atoms with Gasteiger partial charge in [-0.05, 0) is 13.8 Å². The van der Waals surface area contributed by atoms with Crippen molar-refractivity contribution in [2.24, 2.45) is 7.05 Å². The summed E-state index contributed by atoms with van der Waals surface area (Å²) >= 11 is 0. The number of rotatable bonds is 4. The van der Waals surface area contributed by atoms with E-state index >= 15 is 0 Å². The van der Waals surface area contributed by atoms with Gasteiger partial charge in [-0.1, -0.05) is 0 Å². The van der Waals surface area contributed by atoms with Crippen LogP contribution >= 0.6 is 0 Å². The zero-order valence-electron chi connectivity index (χ0n) is 9.48. The predicted octanol–water partition coefficient (Wildman–Crippen LogP) is 0.655. The smallest absolute Gasteiger partial charge is 0.154 e. The molecule has 0 unspecified atom stereocenters. The van der Waals surface area contributed by atoms with E-state index in [1.165, 1.54) is 6.26 Å². The van der Waals surface area contributed by atoms with Crippen molar-refractivity contribution in [2.75, 3.05) is 18.1 Å². The highest BCUT2D eigenvalue weighted by molar-refractivity contribution is 7.92. The van der Waals surface area contributed by atoms with E-state index in [2.05, 4.69) is 10.4 Å². The molecule has 0 saturated heterocycles. The molecule has 1 N–H and O–H groups in total. The number of sulfone groups is 1. The third-order valence-electron chi connectivity index (χ3n) is 2.43. The number of nitrogens with one attached hydrogen (secondary N) is 1. The van der Waals surface area contributed by atoms with Gasteiger partial charge in [-0.3, -0.25) is 4.68 Å². The molecule has 1 aromatic heterocycles. The van der Waals surface area contributed by atoms with Crippen LogP contribution in [0.4, 0.5) is 5.69 Å². The molecule has 0 amide bonds. The highest BCUT2D eigenvalue weighted by atomic mass is 32.2. The molecule has 0 radical (unpaired) electrons. The van der Waals surface area contributed by atoms with Crippen molar-refractivity contribution in [3.8, 4) is 0 Å². The van der Waals surface area contributed by atoms with Gasteiger partial charge in [-0.2, -0.15) is 5.10 Å². The van der Waals surface area contributed by atoms with E-state index in [-0.39, 0.29) is 0 Å². The molecule has 0 fully saturated rings. The van der Waals surface area contributed by atoms with Crippen LogP contribution in [0.1, 0.15) is 13.8 Å². The summed E-state index contributed by atoms with van der Waals surface area (Å²) in [5.41, 5.74) is 0.828. The van der Waals surface area contributed by atoms with Crippen molar-refractivity contribution >= 4 is 15.5 Å². The molecule has 0 spiro atoms. The summed E-state index contributed by atoms with van der Waals surface area (Å²) in [5.74, 6) is 0. The van der Waals surface area contributed by atoms with E-state index in [0.29, 0.717) is 6.54 Å². The quantitative estimate of drug-likeness (QED) is 0.826. The highest BCUT2D eigenvalue weighted by Crippen LogP contribution is 2.16. The van der Waals surface area contributed by atoms with Crippen molar-refractivity contribution in [1.29, 1.82) is 0 Å². The molecule has 1 aromatic rings. The first-order valence-corrected chi connectivity index (χ1v) is 6.54. The van der Waals surface area contributed by atoms with Gasteiger partial charge in [0, 0.05) is 26.0 Å². The summed E-state index contributed by atoms with van der Waals surface area (Å²) in [5, 5.41) is 7.03. The summed E-state index contributed by atoms with van der Waals surface area (Å²) in [6.07, 6.45) is 4.72. The minimum Gasteiger partial charge on any atom is -0.381 e. The van der Waals surface area contributed by atoms with E-state index in [1.54, 1.807) is 30.9 Å². The summed E-state index contributed by atoms with van der Waals surface area (Å²) in [7, 11) is -1.24. The Morgan fingerprint density at radius 3 is 2.53 bits per heavy atom. The number of aromatic nitrogens is 2. The Balaban J connectivity index is 2.65. The lowest BCUT2D eigenvalue weighted by Gasteiger charge is -2.22. The molecule has 5 nitrogen and oxygen atoms in total. The van der Waals surface area contributed by atoms with Crippen molar-refractivity contribution < 1.29 is 8.42 Å². The van der Waals surface area contributed by atoms with Gasteiger partial charge in [0.2, 0.25) is 0 Å². The molecule has 15 heavy (non-hydrogen) atoms. The van der Waals surface area contributed by atoms with Crippen molar-refractivity contribution in [3.05, 3.63) is 12.4 Å². The Bertz CT molecular complexity index is 434. The molecule has 0 aromatic carbocycles. The first-order chi connectivity index (χ1) is 6.72. The average molecular weight is 231 g/mol. The molecule has 1 rings (SSSR count). The van der Waals surface area contributed by atoms with E-state index in [0.717, 1.165) is 5.69 Å². The van der Waals surface area contributed by atoms with Crippen LogP contribution in [0.2, 0.25) is 0 Å². The maximum atomic E-state index is 11.4. The lowest BCUT2D eigenvalue weighted by atomic mass is 10.2. The molecule has 0 aliphatic carbocycles. The highest BCUT2D eigenvalue weighted by Gasteiger charge is 2.29. The minimum atomic E-state index is -3.06. The fraction of sp³-hybridized carbons (Fsp3) is 0.667. The first kappa shape index (κ1) is 12.0. The van der Waals surface area contributed by atoms with Crippen LogP contribution < -0.4 is 5.32 Å². The Hall–Kier alpha value is -1.04. The molecule has 0 aliphatic heterocycles. The predicted molar refractivity (Wildman–Crippen MR) is 60.6 cm³/mol. The maximum Gasteiger partial charge on any atom is 0.154 e. The molecule has 1 heterocycles. The lowest BCUT2D eigenvalue weighted by Crippen LogP contribution is -2.38. The van der Waals surface area contributed by atoms with E-state index in [4.69, 9.17) is 0 Å². The Labute approximate surface area is 90.4 Å². The normalized spacial score (nSPS) is 12.8. The van der Waals surface area contributed by atoms with Gasteiger partial charge in [0.1, 0.15) is 0 Å². The minimum absolute atomic E-state index is 0.373. The van der Waals surface area contributed by atoms with Crippen LogP contribution in [0.25, 0.3) is 0 Å². The molecular formula is C9H17N3O2S. The summed E-state index contributed by atoms with van der Waals surface area (Å²) in [6, 6.07) is 0. The Morgan fingerprint density at radius 2 is 2.13 bits per heavy atom. The second-order valence-electron chi connectivity index (χ2n) is 4.29. The van der Waals surface area contributed by atoms with Gasteiger partial charge in [0.15, 0.2) is 9.84 Å². The molecule has 6 heteroatoms. The van der Waals surface area contributed by atoms with Gasteiger partial charge < -0.3 is 5.32 Å². The van der Waals surface area contributed by atoms with Crippen molar-refractivity contribution in [2.45, 2.75) is 18.6 Å². The van der Waals surface area contributed by atoms with Gasteiger partial charge >= 0.3 is 0 Å². The SMILES string of the molecule is Cn1cc(NCC(C)(C)S(C)(=O)=O)cn1. The maximum absolute atomic E-state index is 11.4. The molecule has 0 aliphatic rings. The van der Waals surface area contributed by atoms with Gasteiger partial charge in [-0.25, -0.2) is 8.42 Å². The van der Waals surface area contributed by atoms with Crippen LogP contribution in [0, 0.1) is 0 Å². The molecule has 0 atom stereocenters. The zero-order valence-corrected chi connectivity index (χ0v) is 10.3. The topological polar surface area (TPSA) is 64.0 Å². The van der Waals surface area contributed by atoms with Crippen LogP contribution in [0.3, 0.4) is 0 Å². The second kappa shape index (κ2) is 3.84. The van der Waals surface area contributed by atoms with Crippen LogP contribution in [-0.4, -0.2) is 35.7 Å². The molecule has 86 valence electrons. The van der Waals surface area contributed by atoms with Crippen LogP contribution in [0.5, 0.6) is 0 Å². The van der Waals surface area contributed by atoms with Crippen molar-refractivity contribution in [1.82, 2.24) is 9.78 Å².